The molecule has 5 rings (SSSR count). The minimum Gasteiger partial charge on any atom is -0.455 e. The Hall–Kier alpha value is -3.66. The molecule has 0 spiro atoms. The quantitative estimate of drug-likeness (QED) is 0.270. The van der Waals surface area contributed by atoms with Crippen molar-refractivity contribution >= 4 is 16.5 Å². The second-order valence-corrected chi connectivity index (χ2v) is 6.22. The average Bonchev–Trinajstić information content (AvgIpc) is 2.82. The summed E-state index contributed by atoms with van der Waals surface area (Å²) in [5.41, 5.74) is 3.08. The normalized spacial score (nSPS) is 11.7. The fraction of sp³-hybridized carbons (Fsp3) is 0. The topological polar surface area (TPSA) is 52.4 Å². The third-order valence-corrected chi connectivity index (χ3v) is 4.78. The average molecular weight is 339 g/mol. The first kappa shape index (κ1) is 14.7. The van der Waals surface area contributed by atoms with Gasteiger partial charge in [0.2, 0.25) is 0 Å². The number of nitro groups is 1. The van der Waals surface area contributed by atoms with Crippen LogP contribution < -0.4 is 4.74 Å². The van der Waals surface area contributed by atoms with Crippen molar-refractivity contribution in [2.24, 2.45) is 0 Å². The van der Waals surface area contributed by atoms with Gasteiger partial charge in [-0.25, -0.2) is 0 Å². The molecule has 0 amide bonds. The highest BCUT2D eigenvalue weighted by molar-refractivity contribution is 6.02. The third-order valence-electron chi connectivity index (χ3n) is 4.78. The van der Waals surface area contributed by atoms with Gasteiger partial charge in [-0.1, -0.05) is 60.7 Å². The molecule has 0 fully saturated rings. The van der Waals surface area contributed by atoms with E-state index in [9.17, 15) is 10.1 Å². The Morgan fingerprint density at radius 1 is 0.731 bits per heavy atom. The standard InChI is InChI=1S/C22H13NO3/c24-23(25)19-10-5-9-17-16-8-3-4-11-20(16)26-22-15-7-2-1-6-14(15)12-13-18(22)21(17)19/h1-13H. The molecule has 0 bridgehead atoms. The summed E-state index contributed by atoms with van der Waals surface area (Å²) in [5.74, 6) is 1.35. The van der Waals surface area contributed by atoms with E-state index in [4.69, 9.17) is 4.74 Å². The molecule has 0 unspecified atom stereocenters. The van der Waals surface area contributed by atoms with Crippen LogP contribution in [0.4, 0.5) is 5.69 Å². The molecule has 4 heteroatoms. The number of para-hydroxylation sites is 1. The van der Waals surface area contributed by atoms with E-state index in [0.717, 1.165) is 27.5 Å². The van der Waals surface area contributed by atoms with Crippen molar-refractivity contribution in [1.29, 1.82) is 0 Å². The predicted molar refractivity (Wildman–Crippen MR) is 102 cm³/mol. The second kappa shape index (κ2) is 5.43. The molecule has 0 radical (unpaired) electrons. The molecule has 0 saturated heterocycles. The lowest BCUT2D eigenvalue weighted by atomic mass is 9.92. The number of benzene rings is 4. The minimum atomic E-state index is -0.328. The van der Waals surface area contributed by atoms with Crippen LogP contribution in [0.25, 0.3) is 33.0 Å². The predicted octanol–water partition coefficient (Wildman–Crippen LogP) is 6.19. The maximum Gasteiger partial charge on any atom is 0.277 e. The first-order valence-corrected chi connectivity index (χ1v) is 8.31. The summed E-state index contributed by atoms with van der Waals surface area (Å²) in [6.45, 7) is 0. The lowest BCUT2D eigenvalue weighted by Gasteiger charge is -2.12. The van der Waals surface area contributed by atoms with Crippen LogP contribution in [0.3, 0.4) is 0 Å². The van der Waals surface area contributed by atoms with Gasteiger partial charge in [0, 0.05) is 28.1 Å². The van der Waals surface area contributed by atoms with Gasteiger partial charge in [-0.3, -0.25) is 10.1 Å². The summed E-state index contributed by atoms with van der Waals surface area (Å²) in [5, 5.41) is 13.7. The minimum absolute atomic E-state index is 0.0827. The Labute approximate surface area is 149 Å². The number of hydrogen-bond donors (Lipinski definition) is 0. The lowest BCUT2D eigenvalue weighted by molar-refractivity contribution is -0.384. The van der Waals surface area contributed by atoms with E-state index >= 15 is 0 Å². The van der Waals surface area contributed by atoms with Crippen molar-refractivity contribution in [2.75, 3.05) is 0 Å². The van der Waals surface area contributed by atoms with Gasteiger partial charge in [-0.15, -0.1) is 0 Å². The summed E-state index contributed by atoms with van der Waals surface area (Å²) < 4.78 is 6.31. The molecule has 4 nitrogen and oxygen atoms in total. The van der Waals surface area contributed by atoms with Crippen LogP contribution in [0.2, 0.25) is 0 Å². The summed E-state index contributed by atoms with van der Waals surface area (Å²) in [6, 6.07) is 24.6. The Bertz CT molecular complexity index is 1200. The van der Waals surface area contributed by atoms with Crippen LogP contribution in [0.1, 0.15) is 0 Å². The number of hydrogen-bond acceptors (Lipinski definition) is 3. The zero-order chi connectivity index (χ0) is 17.7. The SMILES string of the molecule is O=[N+]([O-])c1cccc2c1-c1ccc3ccccc3c1Oc1ccccc1-2. The van der Waals surface area contributed by atoms with E-state index < -0.39 is 0 Å². The Morgan fingerprint density at radius 3 is 2.38 bits per heavy atom. The summed E-state index contributed by atoms with van der Waals surface area (Å²) >= 11 is 0. The molecule has 4 aromatic carbocycles. The van der Waals surface area contributed by atoms with Gasteiger partial charge in [0.05, 0.1) is 10.5 Å². The van der Waals surface area contributed by atoms with Crippen LogP contribution in [0.5, 0.6) is 11.5 Å². The van der Waals surface area contributed by atoms with Gasteiger partial charge in [0.15, 0.2) is 0 Å². The zero-order valence-corrected chi connectivity index (χ0v) is 13.7. The second-order valence-electron chi connectivity index (χ2n) is 6.22. The van der Waals surface area contributed by atoms with Crippen LogP contribution in [-0.4, -0.2) is 4.92 Å². The number of nitrogens with zero attached hydrogens (tertiary/aromatic N) is 1. The van der Waals surface area contributed by atoms with E-state index in [-0.39, 0.29) is 10.6 Å². The Kier molecular flexibility index (Phi) is 3.06. The van der Waals surface area contributed by atoms with Crippen LogP contribution >= 0.6 is 0 Å². The Balaban J connectivity index is 1.99. The molecule has 1 aliphatic rings. The highest BCUT2D eigenvalue weighted by Gasteiger charge is 2.28. The maximum atomic E-state index is 11.7. The molecular formula is C22H13NO3. The van der Waals surface area contributed by atoms with Gasteiger partial charge in [-0.2, -0.15) is 0 Å². The van der Waals surface area contributed by atoms with Gasteiger partial charge in [-0.05, 0) is 17.5 Å². The molecule has 0 N–H and O–H groups in total. The fourth-order valence-corrected chi connectivity index (χ4v) is 3.64. The molecule has 4 aromatic rings. The van der Waals surface area contributed by atoms with Gasteiger partial charge < -0.3 is 4.74 Å². The smallest absolute Gasteiger partial charge is 0.277 e. The van der Waals surface area contributed by atoms with E-state index in [1.165, 1.54) is 0 Å². The number of rotatable bonds is 1. The van der Waals surface area contributed by atoms with E-state index in [2.05, 4.69) is 0 Å². The highest BCUT2D eigenvalue weighted by atomic mass is 16.6. The van der Waals surface area contributed by atoms with Gasteiger partial charge in [0.25, 0.3) is 5.69 Å². The number of nitro benzene ring substituents is 1. The van der Waals surface area contributed by atoms with E-state index in [1.54, 1.807) is 12.1 Å². The fourth-order valence-electron chi connectivity index (χ4n) is 3.64. The zero-order valence-electron chi connectivity index (χ0n) is 13.7. The summed E-state index contributed by atoms with van der Waals surface area (Å²) in [4.78, 5) is 11.4. The van der Waals surface area contributed by atoms with Crippen molar-refractivity contribution < 1.29 is 9.66 Å². The maximum absolute atomic E-state index is 11.7. The van der Waals surface area contributed by atoms with Crippen molar-refractivity contribution in [2.45, 2.75) is 0 Å². The molecular weight excluding hydrogens is 326 g/mol. The van der Waals surface area contributed by atoms with E-state index in [0.29, 0.717) is 17.1 Å². The highest BCUT2D eigenvalue weighted by Crippen LogP contribution is 2.51. The van der Waals surface area contributed by atoms with Crippen molar-refractivity contribution in [1.82, 2.24) is 0 Å². The number of fused-ring (bicyclic) bond motifs is 7. The third kappa shape index (κ3) is 2.02. The van der Waals surface area contributed by atoms with Crippen molar-refractivity contribution in [3.8, 4) is 33.8 Å². The van der Waals surface area contributed by atoms with Crippen molar-refractivity contribution in [3.05, 3.63) is 89.0 Å². The molecule has 0 aliphatic carbocycles. The molecule has 26 heavy (non-hydrogen) atoms. The molecule has 0 saturated carbocycles. The van der Waals surface area contributed by atoms with Crippen molar-refractivity contribution in [3.63, 3.8) is 0 Å². The van der Waals surface area contributed by atoms with E-state index in [1.807, 2.05) is 66.7 Å². The molecule has 124 valence electrons. The largest absolute Gasteiger partial charge is 0.455 e. The number of ether oxygens (including phenoxy) is 1. The Morgan fingerprint density at radius 2 is 1.50 bits per heavy atom. The lowest BCUT2D eigenvalue weighted by Crippen LogP contribution is -1.94. The van der Waals surface area contributed by atoms with Crippen LogP contribution in [-0.2, 0) is 0 Å². The first-order chi connectivity index (χ1) is 12.7. The molecule has 0 aromatic heterocycles. The molecule has 1 heterocycles. The monoisotopic (exact) mass is 339 g/mol. The van der Waals surface area contributed by atoms with Gasteiger partial charge in [0.1, 0.15) is 11.5 Å². The first-order valence-electron chi connectivity index (χ1n) is 8.31. The summed E-state index contributed by atoms with van der Waals surface area (Å²) in [6.07, 6.45) is 0. The summed E-state index contributed by atoms with van der Waals surface area (Å²) in [7, 11) is 0. The van der Waals surface area contributed by atoms with Gasteiger partial charge >= 0.3 is 0 Å². The van der Waals surface area contributed by atoms with Crippen LogP contribution in [0, 0.1) is 10.1 Å². The molecule has 1 aliphatic heterocycles. The molecule has 0 atom stereocenters. The van der Waals surface area contributed by atoms with Crippen LogP contribution in [0.15, 0.2) is 78.9 Å².